The van der Waals surface area contributed by atoms with Crippen LogP contribution in [0.15, 0.2) is 101 Å². The van der Waals surface area contributed by atoms with Crippen molar-refractivity contribution < 1.29 is 0 Å². The molecule has 4 heteroatoms. The van der Waals surface area contributed by atoms with Gasteiger partial charge in [0, 0.05) is 38.7 Å². The highest BCUT2D eigenvalue weighted by molar-refractivity contribution is 6.02. The third-order valence-corrected chi connectivity index (χ3v) is 6.93. The summed E-state index contributed by atoms with van der Waals surface area (Å²) >= 11 is 0. The number of anilines is 1. The van der Waals surface area contributed by atoms with Gasteiger partial charge in [-0.1, -0.05) is 60.7 Å². The zero-order valence-electron chi connectivity index (χ0n) is 17.6. The van der Waals surface area contributed by atoms with Crippen LogP contribution >= 0.6 is 0 Å². The molecule has 1 aromatic heterocycles. The Morgan fingerprint density at radius 3 is 2.82 bits per heavy atom. The predicted octanol–water partition coefficient (Wildman–Crippen LogP) is 4.20. The molecule has 4 aliphatic heterocycles. The van der Waals surface area contributed by atoms with Gasteiger partial charge in [-0.15, -0.1) is 0 Å². The SMILES string of the molecule is C1=CC2=CC3=CC4=Cc5cccc(c5=N4)=C4C=Cc5ccc6ccc(nc6c5N4)C(=C1)C2N3. The third-order valence-electron chi connectivity index (χ3n) is 6.93. The van der Waals surface area contributed by atoms with Crippen molar-refractivity contribution in [3.05, 3.63) is 123 Å². The first-order valence-corrected chi connectivity index (χ1v) is 11.2. The van der Waals surface area contributed by atoms with Crippen molar-refractivity contribution in [3.8, 4) is 0 Å². The Labute approximate surface area is 190 Å². The molecule has 0 radical (unpaired) electrons. The fourth-order valence-electron chi connectivity index (χ4n) is 5.35. The van der Waals surface area contributed by atoms with Crippen LogP contribution < -0.4 is 21.2 Å². The molecule has 0 amide bonds. The number of benzene rings is 2. The molecule has 4 nitrogen and oxygen atoms in total. The molecule has 2 N–H and O–H groups in total. The molecule has 2 aromatic carbocycles. The molecule has 5 aliphatic rings. The van der Waals surface area contributed by atoms with Crippen LogP contribution in [0.2, 0.25) is 0 Å². The van der Waals surface area contributed by atoms with E-state index in [0.717, 1.165) is 61.1 Å². The fraction of sp³-hybridized carbons (Fsp3) is 0.0345. The molecular formula is C29H18N4. The maximum Gasteiger partial charge on any atom is 0.0950 e. The van der Waals surface area contributed by atoms with Gasteiger partial charge in [-0.3, -0.25) is 0 Å². The fourth-order valence-corrected chi connectivity index (χ4v) is 5.35. The van der Waals surface area contributed by atoms with E-state index in [1.807, 2.05) is 0 Å². The van der Waals surface area contributed by atoms with E-state index in [1.54, 1.807) is 0 Å². The van der Waals surface area contributed by atoms with Crippen molar-refractivity contribution in [1.29, 1.82) is 0 Å². The number of para-hydroxylation sites is 1. The van der Waals surface area contributed by atoms with Crippen LogP contribution in [0.3, 0.4) is 0 Å². The van der Waals surface area contributed by atoms with Gasteiger partial charge in [0.05, 0.1) is 34.0 Å². The first-order valence-electron chi connectivity index (χ1n) is 11.2. The Balaban J connectivity index is 1.50. The Kier molecular flexibility index (Phi) is 3.16. The summed E-state index contributed by atoms with van der Waals surface area (Å²) in [5.74, 6) is 0. The lowest BCUT2D eigenvalue weighted by Crippen LogP contribution is -2.30. The van der Waals surface area contributed by atoms with Crippen LogP contribution in [0, 0.1) is 0 Å². The van der Waals surface area contributed by atoms with Crippen LogP contribution in [0.25, 0.3) is 34.3 Å². The summed E-state index contributed by atoms with van der Waals surface area (Å²) < 4.78 is 0. The first kappa shape index (κ1) is 17.2. The quantitative estimate of drug-likeness (QED) is 0.571. The van der Waals surface area contributed by atoms with Gasteiger partial charge < -0.3 is 10.6 Å². The number of rotatable bonds is 0. The number of aromatic nitrogens is 1. The lowest BCUT2D eigenvalue weighted by molar-refractivity contribution is 0.832. The van der Waals surface area contributed by atoms with Crippen LogP contribution in [-0.4, -0.2) is 11.0 Å². The lowest BCUT2D eigenvalue weighted by atomic mass is 9.92. The Morgan fingerprint density at radius 2 is 1.82 bits per heavy atom. The van der Waals surface area contributed by atoms with E-state index in [9.17, 15) is 0 Å². The van der Waals surface area contributed by atoms with Crippen molar-refractivity contribution in [1.82, 2.24) is 10.3 Å². The molecular weight excluding hydrogens is 404 g/mol. The summed E-state index contributed by atoms with van der Waals surface area (Å²) in [6.45, 7) is 0. The average Bonchev–Trinajstić information content (AvgIpc) is 3.45. The third kappa shape index (κ3) is 2.40. The topological polar surface area (TPSA) is 49.3 Å². The minimum absolute atomic E-state index is 0.0887. The van der Waals surface area contributed by atoms with Gasteiger partial charge >= 0.3 is 0 Å². The highest BCUT2D eigenvalue weighted by atomic mass is 15.0. The van der Waals surface area contributed by atoms with Crippen molar-refractivity contribution in [2.75, 3.05) is 5.32 Å². The molecule has 33 heavy (non-hydrogen) atoms. The summed E-state index contributed by atoms with van der Waals surface area (Å²) in [7, 11) is 0. The molecule has 154 valence electrons. The van der Waals surface area contributed by atoms with Gasteiger partial charge in [-0.25, -0.2) is 9.98 Å². The Hall–Kier alpha value is -4.44. The monoisotopic (exact) mass is 422 g/mol. The summed E-state index contributed by atoms with van der Waals surface area (Å²) in [6, 6.07) is 15.1. The largest absolute Gasteiger partial charge is 0.374 e. The normalized spacial score (nSPS) is 20.4. The maximum atomic E-state index is 5.18. The van der Waals surface area contributed by atoms with Crippen molar-refractivity contribution >= 4 is 40.0 Å². The zero-order chi connectivity index (χ0) is 21.5. The summed E-state index contributed by atoms with van der Waals surface area (Å²) in [5.41, 5.74) is 10.8. The average molecular weight is 422 g/mol. The van der Waals surface area contributed by atoms with E-state index in [1.165, 1.54) is 11.1 Å². The van der Waals surface area contributed by atoms with Crippen LogP contribution in [-0.2, 0) is 0 Å². The van der Waals surface area contributed by atoms with Gasteiger partial charge in [0.15, 0.2) is 0 Å². The minimum Gasteiger partial charge on any atom is -0.374 e. The summed E-state index contributed by atoms with van der Waals surface area (Å²) in [6.07, 6.45) is 17.3. The number of nitrogens with zero attached hydrogens (tertiary/aromatic N) is 2. The van der Waals surface area contributed by atoms with E-state index in [0.29, 0.717) is 0 Å². The van der Waals surface area contributed by atoms with Gasteiger partial charge in [0.1, 0.15) is 0 Å². The smallest absolute Gasteiger partial charge is 0.0950 e. The molecule has 1 unspecified atom stereocenters. The van der Waals surface area contributed by atoms with E-state index in [-0.39, 0.29) is 6.04 Å². The van der Waals surface area contributed by atoms with Crippen LogP contribution in [0.5, 0.6) is 0 Å². The molecule has 3 aromatic rings. The molecule has 8 rings (SSSR count). The molecule has 8 bridgehead atoms. The highest BCUT2D eigenvalue weighted by Gasteiger charge is 2.28. The number of pyridine rings is 1. The highest BCUT2D eigenvalue weighted by Crippen LogP contribution is 2.36. The molecule has 0 saturated carbocycles. The van der Waals surface area contributed by atoms with Crippen LogP contribution in [0.4, 0.5) is 5.69 Å². The van der Waals surface area contributed by atoms with Crippen molar-refractivity contribution in [2.45, 2.75) is 6.04 Å². The second kappa shape index (κ2) is 6.08. The van der Waals surface area contributed by atoms with E-state index < -0.39 is 0 Å². The number of nitrogens with one attached hydrogen (secondary N) is 2. The molecule has 0 fully saturated rings. The van der Waals surface area contributed by atoms with Crippen molar-refractivity contribution in [3.63, 3.8) is 0 Å². The number of hydrogen-bond donors (Lipinski definition) is 2. The Morgan fingerprint density at radius 1 is 0.848 bits per heavy atom. The molecule has 1 aliphatic carbocycles. The van der Waals surface area contributed by atoms with Gasteiger partial charge in [-0.2, -0.15) is 0 Å². The van der Waals surface area contributed by atoms with Gasteiger partial charge in [-0.05, 0) is 35.9 Å². The number of fused-ring (bicyclic) bond motifs is 5. The zero-order valence-corrected chi connectivity index (χ0v) is 17.6. The van der Waals surface area contributed by atoms with Crippen molar-refractivity contribution in [2.24, 2.45) is 4.99 Å². The molecule has 0 saturated heterocycles. The number of hydrogen-bond acceptors (Lipinski definition) is 4. The van der Waals surface area contributed by atoms with Gasteiger partial charge in [0.2, 0.25) is 0 Å². The summed E-state index contributed by atoms with van der Waals surface area (Å²) in [5, 5.41) is 10.6. The van der Waals surface area contributed by atoms with Crippen LogP contribution in [0.1, 0.15) is 16.8 Å². The standard InChI is InChI=1S/C29H18N4/c1-3-18-13-20-15-21-14-19-4-2-6-23(27(19)31-21)25-12-10-17-8-7-16-9-11-24(22(5-1)26(18)30-20)32-28(16)29(17)33-25/h1-15,26,30,33H. The molecule has 1 atom stereocenters. The minimum atomic E-state index is 0.0887. The molecule has 5 heterocycles. The Bertz CT molecular complexity index is 1760. The second-order valence-corrected chi connectivity index (χ2v) is 8.90. The summed E-state index contributed by atoms with van der Waals surface area (Å²) in [4.78, 5) is 10.2. The predicted molar refractivity (Wildman–Crippen MR) is 133 cm³/mol. The van der Waals surface area contributed by atoms with E-state index in [4.69, 9.17) is 9.98 Å². The maximum absolute atomic E-state index is 5.18. The van der Waals surface area contributed by atoms with Gasteiger partial charge in [0.25, 0.3) is 0 Å². The van der Waals surface area contributed by atoms with E-state index >= 15 is 0 Å². The molecule has 0 spiro atoms. The number of allylic oxidation sites excluding steroid dienone is 4. The first-order chi connectivity index (χ1) is 16.3. The lowest BCUT2D eigenvalue weighted by Gasteiger charge is -2.22. The van der Waals surface area contributed by atoms with E-state index in [2.05, 4.69) is 102 Å². The second-order valence-electron chi connectivity index (χ2n) is 8.90.